The molecule has 0 aliphatic carbocycles. The molecule has 29 heavy (non-hydrogen) atoms. The van der Waals surface area contributed by atoms with Crippen LogP contribution in [0.15, 0.2) is 35.5 Å². The van der Waals surface area contributed by atoms with E-state index >= 15 is 0 Å². The summed E-state index contributed by atoms with van der Waals surface area (Å²) in [5.74, 6) is 1.46. The van der Waals surface area contributed by atoms with Crippen molar-refractivity contribution in [3.05, 3.63) is 45.9 Å². The summed E-state index contributed by atoms with van der Waals surface area (Å²) in [7, 11) is 1.82. The van der Waals surface area contributed by atoms with E-state index in [0.717, 1.165) is 18.9 Å². The molecule has 1 fully saturated rings. The molecule has 0 amide bonds. The van der Waals surface area contributed by atoms with Crippen molar-refractivity contribution >= 4 is 47.0 Å². The van der Waals surface area contributed by atoms with Gasteiger partial charge in [-0.25, -0.2) is 4.98 Å². The number of anilines is 1. The Labute approximate surface area is 196 Å². The highest BCUT2D eigenvalue weighted by Gasteiger charge is 2.14. The monoisotopic (exact) mass is 527 g/mol. The van der Waals surface area contributed by atoms with E-state index in [0.29, 0.717) is 5.92 Å². The Morgan fingerprint density at radius 1 is 1.24 bits per heavy atom. The first-order chi connectivity index (χ1) is 13.5. The molecule has 2 N–H and O–H groups in total. The zero-order chi connectivity index (χ0) is 19.9. The SMILES string of the molecule is CN=C(NCc1cnc(CC(C)C)s1)NC(C)c1cccc(N2CCCC2)c1.I. The summed E-state index contributed by atoms with van der Waals surface area (Å²) in [6.07, 6.45) is 5.61. The van der Waals surface area contributed by atoms with Crippen LogP contribution in [0.3, 0.4) is 0 Å². The van der Waals surface area contributed by atoms with Gasteiger partial charge in [-0.3, -0.25) is 4.99 Å². The average molecular weight is 528 g/mol. The van der Waals surface area contributed by atoms with Crippen molar-refractivity contribution in [3.63, 3.8) is 0 Å². The van der Waals surface area contributed by atoms with Crippen LogP contribution < -0.4 is 15.5 Å². The molecule has 1 aliphatic heterocycles. The van der Waals surface area contributed by atoms with Gasteiger partial charge in [-0.15, -0.1) is 35.3 Å². The van der Waals surface area contributed by atoms with Gasteiger partial charge in [0.05, 0.1) is 17.6 Å². The molecule has 1 aromatic carbocycles. The molecule has 5 nitrogen and oxygen atoms in total. The predicted molar refractivity (Wildman–Crippen MR) is 136 cm³/mol. The van der Waals surface area contributed by atoms with E-state index in [1.807, 2.05) is 13.2 Å². The number of aromatic nitrogens is 1. The lowest BCUT2D eigenvalue weighted by molar-refractivity contribution is 0.644. The van der Waals surface area contributed by atoms with E-state index < -0.39 is 0 Å². The number of benzene rings is 1. The maximum Gasteiger partial charge on any atom is 0.191 e. The summed E-state index contributed by atoms with van der Waals surface area (Å²) in [6.45, 7) is 9.72. The second kappa shape index (κ2) is 11.7. The third-order valence-electron chi connectivity index (χ3n) is 5.03. The molecule has 0 bridgehead atoms. The third kappa shape index (κ3) is 7.13. The first kappa shape index (κ1) is 23.9. The van der Waals surface area contributed by atoms with Gasteiger partial charge in [0.1, 0.15) is 0 Å². The minimum Gasteiger partial charge on any atom is -0.372 e. The van der Waals surface area contributed by atoms with Crippen LogP contribution in [-0.2, 0) is 13.0 Å². The first-order valence-electron chi connectivity index (χ1n) is 10.3. The van der Waals surface area contributed by atoms with Gasteiger partial charge in [-0.2, -0.15) is 0 Å². The van der Waals surface area contributed by atoms with Crippen molar-refractivity contribution in [1.29, 1.82) is 0 Å². The van der Waals surface area contributed by atoms with Crippen molar-refractivity contribution in [1.82, 2.24) is 15.6 Å². The molecule has 0 radical (unpaired) electrons. The highest BCUT2D eigenvalue weighted by atomic mass is 127. The second-order valence-corrected chi connectivity index (χ2v) is 9.10. The number of rotatable bonds is 7. The fraction of sp³-hybridized carbons (Fsp3) is 0.545. The van der Waals surface area contributed by atoms with E-state index in [4.69, 9.17) is 0 Å². The summed E-state index contributed by atoms with van der Waals surface area (Å²) >= 11 is 1.78. The van der Waals surface area contributed by atoms with Crippen LogP contribution in [0.1, 0.15) is 55.1 Å². The van der Waals surface area contributed by atoms with Crippen LogP contribution in [0.25, 0.3) is 0 Å². The zero-order valence-corrected chi connectivity index (χ0v) is 21.1. The topological polar surface area (TPSA) is 52.6 Å². The number of nitrogens with zero attached hydrogens (tertiary/aromatic N) is 3. The molecule has 1 aliphatic rings. The second-order valence-electron chi connectivity index (χ2n) is 7.90. The lowest BCUT2D eigenvalue weighted by Gasteiger charge is -2.22. The fourth-order valence-electron chi connectivity index (χ4n) is 3.49. The van der Waals surface area contributed by atoms with Gasteiger partial charge in [0.15, 0.2) is 5.96 Å². The molecular weight excluding hydrogens is 493 g/mol. The van der Waals surface area contributed by atoms with Crippen LogP contribution in [0.5, 0.6) is 0 Å². The molecule has 1 aromatic heterocycles. The minimum absolute atomic E-state index is 0. The molecular formula is C22H34IN5S. The maximum atomic E-state index is 4.53. The predicted octanol–water partition coefficient (Wildman–Crippen LogP) is 4.99. The van der Waals surface area contributed by atoms with Gasteiger partial charge in [-0.1, -0.05) is 26.0 Å². The standard InChI is InChI=1S/C22H33N5S.HI/c1-16(2)12-21-24-14-20(28-21)15-25-22(23-4)26-17(3)18-8-7-9-19(13-18)27-10-5-6-11-27;/h7-9,13-14,16-17H,5-6,10-12,15H2,1-4H3,(H2,23,25,26);1H. The molecule has 2 heterocycles. The van der Waals surface area contributed by atoms with Crippen molar-refractivity contribution in [2.45, 2.75) is 52.6 Å². The summed E-state index contributed by atoms with van der Waals surface area (Å²) in [4.78, 5) is 12.6. The average Bonchev–Trinajstić information content (AvgIpc) is 3.37. The number of hydrogen-bond donors (Lipinski definition) is 2. The summed E-state index contributed by atoms with van der Waals surface area (Å²) < 4.78 is 0. The minimum atomic E-state index is 0. The fourth-order valence-corrected chi connectivity index (χ4v) is 4.57. The van der Waals surface area contributed by atoms with Gasteiger partial charge in [0.2, 0.25) is 0 Å². The number of aliphatic imine (C=N–C) groups is 1. The number of nitrogens with one attached hydrogen (secondary N) is 2. The Morgan fingerprint density at radius 2 is 2.00 bits per heavy atom. The van der Waals surface area contributed by atoms with E-state index in [9.17, 15) is 0 Å². The smallest absolute Gasteiger partial charge is 0.191 e. The molecule has 1 unspecified atom stereocenters. The number of thiazole rings is 1. The summed E-state index contributed by atoms with van der Waals surface area (Å²) in [5.41, 5.74) is 2.61. The molecule has 1 atom stereocenters. The van der Waals surface area contributed by atoms with E-state index in [1.165, 1.54) is 47.1 Å². The van der Waals surface area contributed by atoms with Crippen LogP contribution >= 0.6 is 35.3 Å². The Bertz CT molecular complexity index is 783. The molecule has 3 rings (SSSR count). The Morgan fingerprint density at radius 3 is 2.69 bits per heavy atom. The zero-order valence-electron chi connectivity index (χ0n) is 17.9. The summed E-state index contributed by atoms with van der Waals surface area (Å²) in [6, 6.07) is 9.05. The number of hydrogen-bond acceptors (Lipinski definition) is 4. The van der Waals surface area contributed by atoms with Crippen LogP contribution in [0.4, 0.5) is 5.69 Å². The van der Waals surface area contributed by atoms with Gasteiger partial charge in [-0.05, 0) is 43.4 Å². The number of guanidine groups is 1. The maximum absolute atomic E-state index is 4.53. The van der Waals surface area contributed by atoms with Gasteiger partial charge in [0, 0.05) is 43.3 Å². The van der Waals surface area contributed by atoms with E-state index in [2.05, 4.69) is 70.5 Å². The number of halogens is 1. The highest BCUT2D eigenvalue weighted by molar-refractivity contribution is 14.0. The van der Waals surface area contributed by atoms with Gasteiger partial charge in [0.25, 0.3) is 0 Å². The largest absolute Gasteiger partial charge is 0.372 e. The quantitative estimate of drug-likeness (QED) is 0.303. The molecule has 1 saturated heterocycles. The lowest BCUT2D eigenvalue weighted by atomic mass is 10.1. The Kier molecular flexibility index (Phi) is 9.68. The Balaban J connectivity index is 0.00000300. The van der Waals surface area contributed by atoms with Crippen molar-refractivity contribution in [3.8, 4) is 0 Å². The van der Waals surface area contributed by atoms with E-state index in [1.54, 1.807) is 11.3 Å². The summed E-state index contributed by atoms with van der Waals surface area (Å²) in [5, 5.41) is 8.15. The van der Waals surface area contributed by atoms with Crippen LogP contribution in [-0.4, -0.2) is 31.1 Å². The first-order valence-corrected chi connectivity index (χ1v) is 11.1. The van der Waals surface area contributed by atoms with Crippen LogP contribution in [0.2, 0.25) is 0 Å². The molecule has 0 spiro atoms. The van der Waals surface area contributed by atoms with Gasteiger partial charge >= 0.3 is 0 Å². The Hall–Kier alpha value is -1.35. The van der Waals surface area contributed by atoms with Crippen molar-refractivity contribution in [2.75, 3.05) is 25.0 Å². The van der Waals surface area contributed by atoms with Crippen molar-refractivity contribution in [2.24, 2.45) is 10.9 Å². The molecule has 2 aromatic rings. The van der Waals surface area contributed by atoms with Crippen LogP contribution in [0, 0.1) is 5.92 Å². The highest BCUT2D eigenvalue weighted by Crippen LogP contribution is 2.24. The third-order valence-corrected chi connectivity index (χ3v) is 6.05. The van der Waals surface area contributed by atoms with E-state index in [-0.39, 0.29) is 30.0 Å². The molecule has 7 heteroatoms. The van der Waals surface area contributed by atoms with Crippen molar-refractivity contribution < 1.29 is 0 Å². The normalized spacial score (nSPS) is 15.3. The van der Waals surface area contributed by atoms with Gasteiger partial charge < -0.3 is 15.5 Å². The molecule has 160 valence electrons. The molecule has 0 saturated carbocycles. The lowest BCUT2D eigenvalue weighted by Crippen LogP contribution is -2.38.